The Labute approximate surface area is 158 Å². The largest absolute Gasteiger partial charge is 0.481 e. The smallest absolute Gasteiger partial charge is 0.306 e. The number of carbonyl (C=O) groups excluding carboxylic acids is 1. The molecule has 4 rings (SSSR count). The second-order valence-electron chi connectivity index (χ2n) is 7.91. The molecule has 27 heavy (non-hydrogen) atoms. The predicted octanol–water partition coefficient (Wildman–Crippen LogP) is 2.87. The van der Waals surface area contributed by atoms with Gasteiger partial charge in [0.25, 0.3) is 0 Å². The lowest BCUT2D eigenvalue weighted by molar-refractivity contribution is -0.154. The van der Waals surface area contributed by atoms with Gasteiger partial charge in [0.1, 0.15) is 5.52 Å². The zero-order valence-electron chi connectivity index (χ0n) is 15.6. The normalized spacial score (nSPS) is 26.6. The van der Waals surface area contributed by atoms with Crippen LogP contribution in [-0.4, -0.2) is 49.5 Å². The molecule has 4 unspecified atom stereocenters. The molecule has 1 aromatic carbocycles. The van der Waals surface area contributed by atoms with Crippen LogP contribution in [0.1, 0.15) is 51.5 Å². The van der Waals surface area contributed by atoms with Gasteiger partial charge in [0.2, 0.25) is 5.91 Å². The zero-order valence-corrected chi connectivity index (χ0v) is 15.6. The number of likely N-dealkylation sites (tertiary alicyclic amines) is 1. The van der Waals surface area contributed by atoms with Gasteiger partial charge in [0.15, 0.2) is 0 Å². The number of carbonyl (C=O) groups is 2. The van der Waals surface area contributed by atoms with E-state index in [1.54, 1.807) is 0 Å². The number of hydrogen-bond donors (Lipinski definition) is 1. The summed E-state index contributed by atoms with van der Waals surface area (Å²) in [6.07, 6.45) is 4.88. The summed E-state index contributed by atoms with van der Waals surface area (Å²) in [5.74, 6) is -0.822. The molecular weight excluding hydrogens is 344 g/mol. The molecule has 0 spiro atoms. The van der Waals surface area contributed by atoms with Gasteiger partial charge in [-0.3, -0.25) is 9.59 Å². The van der Waals surface area contributed by atoms with Gasteiger partial charge in [-0.2, -0.15) is 0 Å². The lowest BCUT2D eigenvalue weighted by Crippen LogP contribution is -2.54. The Morgan fingerprint density at radius 1 is 1.22 bits per heavy atom. The molecule has 0 radical (unpaired) electrons. The van der Waals surface area contributed by atoms with Gasteiger partial charge in [-0.15, -0.1) is 5.10 Å². The summed E-state index contributed by atoms with van der Waals surface area (Å²) in [5.41, 5.74) is 1.75. The minimum atomic E-state index is -0.707. The molecule has 1 saturated carbocycles. The van der Waals surface area contributed by atoms with Crippen molar-refractivity contribution >= 4 is 22.9 Å². The van der Waals surface area contributed by atoms with Crippen LogP contribution >= 0.6 is 0 Å². The minimum absolute atomic E-state index is 0.0702. The summed E-state index contributed by atoms with van der Waals surface area (Å²) in [6.45, 7) is 2.53. The predicted molar refractivity (Wildman–Crippen MR) is 100 cm³/mol. The number of hydrogen-bond acceptors (Lipinski definition) is 4. The number of piperidine rings is 1. The van der Waals surface area contributed by atoms with E-state index in [1.807, 2.05) is 40.8 Å². The average molecular weight is 370 g/mol. The molecule has 2 aromatic rings. The van der Waals surface area contributed by atoms with Crippen LogP contribution in [-0.2, 0) is 9.59 Å². The van der Waals surface area contributed by atoms with E-state index in [9.17, 15) is 14.7 Å². The maximum Gasteiger partial charge on any atom is 0.306 e. The van der Waals surface area contributed by atoms with E-state index in [0.29, 0.717) is 19.4 Å². The molecule has 1 amide bonds. The average Bonchev–Trinajstić information content (AvgIpc) is 3.11. The van der Waals surface area contributed by atoms with Gasteiger partial charge in [0.05, 0.1) is 17.5 Å². The monoisotopic (exact) mass is 370 g/mol. The van der Waals surface area contributed by atoms with Gasteiger partial charge in [0, 0.05) is 19.0 Å². The van der Waals surface area contributed by atoms with E-state index in [2.05, 4.69) is 10.3 Å². The van der Waals surface area contributed by atoms with Crippen molar-refractivity contribution in [3.63, 3.8) is 0 Å². The van der Waals surface area contributed by atoms with E-state index < -0.39 is 5.97 Å². The topological polar surface area (TPSA) is 88.3 Å². The summed E-state index contributed by atoms with van der Waals surface area (Å²) in [5, 5.41) is 18.0. The fourth-order valence-electron chi connectivity index (χ4n) is 4.94. The molecule has 0 bridgehead atoms. The van der Waals surface area contributed by atoms with Crippen LogP contribution in [0.25, 0.3) is 11.0 Å². The highest BCUT2D eigenvalue weighted by Crippen LogP contribution is 2.39. The third kappa shape index (κ3) is 3.31. The molecule has 1 aromatic heterocycles. The first-order chi connectivity index (χ1) is 13.1. The highest BCUT2D eigenvalue weighted by molar-refractivity contribution is 5.79. The number of fused-ring (bicyclic) bond motifs is 2. The molecule has 2 aliphatic rings. The maximum atomic E-state index is 13.1. The van der Waals surface area contributed by atoms with Crippen molar-refractivity contribution in [3.05, 3.63) is 24.3 Å². The maximum absolute atomic E-state index is 13.1. The van der Waals surface area contributed by atoms with Crippen molar-refractivity contribution in [1.82, 2.24) is 19.9 Å². The number of benzene rings is 1. The fraction of sp³-hybridized carbons (Fsp3) is 0.600. The molecule has 1 N–H and O–H groups in total. The van der Waals surface area contributed by atoms with E-state index in [-0.39, 0.29) is 29.8 Å². The number of carboxylic acids is 1. The van der Waals surface area contributed by atoms with Crippen molar-refractivity contribution in [2.45, 2.75) is 57.5 Å². The van der Waals surface area contributed by atoms with Crippen LogP contribution in [0.4, 0.5) is 0 Å². The van der Waals surface area contributed by atoms with Crippen molar-refractivity contribution in [2.75, 3.05) is 6.54 Å². The first-order valence-electron chi connectivity index (χ1n) is 9.88. The lowest BCUT2D eigenvalue weighted by atomic mass is 9.71. The van der Waals surface area contributed by atoms with Crippen molar-refractivity contribution in [1.29, 1.82) is 0 Å². The highest BCUT2D eigenvalue weighted by atomic mass is 16.4. The number of aliphatic carboxylic acids is 1. The van der Waals surface area contributed by atoms with Gasteiger partial charge in [-0.05, 0) is 44.2 Å². The van der Waals surface area contributed by atoms with Crippen molar-refractivity contribution < 1.29 is 14.7 Å². The highest BCUT2D eigenvalue weighted by Gasteiger charge is 2.44. The summed E-state index contributed by atoms with van der Waals surface area (Å²) < 4.78 is 1.82. The Hall–Kier alpha value is -2.44. The first-order valence-corrected chi connectivity index (χ1v) is 9.88. The van der Waals surface area contributed by atoms with Crippen molar-refractivity contribution in [2.24, 2.45) is 11.8 Å². The Balaban J connectivity index is 1.50. The second kappa shape index (κ2) is 7.29. The number of aromatic nitrogens is 3. The number of carboxylic acid groups (broad SMARTS) is 1. The number of amides is 1. The van der Waals surface area contributed by atoms with Crippen LogP contribution in [0.5, 0.6) is 0 Å². The quantitative estimate of drug-likeness (QED) is 0.894. The Kier molecular flexibility index (Phi) is 4.85. The lowest BCUT2D eigenvalue weighted by Gasteiger charge is -2.47. The first kappa shape index (κ1) is 17.9. The molecular formula is C20H26N4O3. The van der Waals surface area contributed by atoms with E-state index >= 15 is 0 Å². The van der Waals surface area contributed by atoms with E-state index in [0.717, 1.165) is 36.7 Å². The zero-order chi connectivity index (χ0) is 19.0. The third-order valence-corrected chi connectivity index (χ3v) is 6.28. The van der Waals surface area contributed by atoms with Crippen molar-refractivity contribution in [3.8, 4) is 0 Å². The van der Waals surface area contributed by atoms with Crippen LogP contribution in [0.3, 0.4) is 0 Å². The molecule has 144 valence electrons. The van der Waals surface area contributed by atoms with E-state index in [1.165, 1.54) is 0 Å². The molecule has 1 aliphatic heterocycles. The van der Waals surface area contributed by atoms with Crippen LogP contribution in [0, 0.1) is 11.8 Å². The molecule has 1 saturated heterocycles. The van der Waals surface area contributed by atoms with Gasteiger partial charge in [-0.1, -0.05) is 30.2 Å². The molecule has 7 heteroatoms. The Morgan fingerprint density at radius 3 is 2.81 bits per heavy atom. The van der Waals surface area contributed by atoms with Gasteiger partial charge >= 0.3 is 5.97 Å². The molecule has 7 nitrogen and oxygen atoms in total. The molecule has 1 aliphatic carbocycles. The fourth-order valence-corrected chi connectivity index (χ4v) is 4.94. The Morgan fingerprint density at radius 2 is 2.00 bits per heavy atom. The van der Waals surface area contributed by atoms with Gasteiger partial charge < -0.3 is 10.0 Å². The van der Waals surface area contributed by atoms with E-state index in [4.69, 9.17) is 0 Å². The van der Waals surface area contributed by atoms with Crippen LogP contribution in [0.2, 0.25) is 0 Å². The minimum Gasteiger partial charge on any atom is -0.481 e. The molecule has 4 atom stereocenters. The standard InChI is InChI=1S/C20H26N4O3/c1-13(24-18-9-5-3-7-16(18)21-22-24)12-19(25)23-11-10-15(20(26)27)14-6-2-4-8-17(14)23/h3,5,7,9,13-15,17H,2,4,6,8,10-12H2,1H3,(H,26,27). The van der Waals surface area contributed by atoms with Gasteiger partial charge in [-0.25, -0.2) is 4.68 Å². The summed E-state index contributed by atoms with van der Waals surface area (Å²) in [6, 6.07) is 7.72. The van der Waals surface area contributed by atoms with Crippen LogP contribution < -0.4 is 0 Å². The van der Waals surface area contributed by atoms with Crippen LogP contribution in [0.15, 0.2) is 24.3 Å². The number of nitrogens with zero attached hydrogens (tertiary/aromatic N) is 4. The molecule has 2 heterocycles. The SMILES string of the molecule is CC(CC(=O)N1CCC(C(=O)O)C2CCCCC21)n1nnc2ccccc21. The third-order valence-electron chi connectivity index (χ3n) is 6.28. The number of para-hydroxylation sites is 1. The molecule has 2 fully saturated rings. The summed E-state index contributed by atoms with van der Waals surface area (Å²) in [7, 11) is 0. The Bertz CT molecular complexity index is 849. The summed E-state index contributed by atoms with van der Waals surface area (Å²) in [4.78, 5) is 26.7. The summed E-state index contributed by atoms with van der Waals surface area (Å²) >= 11 is 0. The number of rotatable bonds is 4. The second-order valence-corrected chi connectivity index (χ2v) is 7.91.